The molecule has 6 heteroatoms. The Hall–Kier alpha value is -1.88. The van der Waals surface area contributed by atoms with Crippen molar-refractivity contribution in [2.45, 2.75) is 19.8 Å². The van der Waals surface area contributed by atoms with E-state index in [0.717, 1.165) is 0 Å². The highest BCUT2D eigenvalue weighted by Gasteiger charge is 2.17. The van der Waals surface area contributed by atoms with E-state index in [-0.39, 0.29) is 11.8 Å². The minimum atomic E-state index is -0.470. The Labute approximate surface area is 109 Å². The summed E-state index contributed by atoms with van der Waals surface area (Å²) in [7, 11) is 0. The number of rotatable bonds is 3. The predicted molar refractivity (Wildman–Crippen MR) is 67.8 cm³/mol. The molecule has 0 fully saturated rings. The predicted octanol–water partition coefficient (Wildman–Crippen LogP) is 3.10. The first kappa shape index (κ1) is 12.6. The molecule has 0 aliphatic carbocycles. The number of aromatic nitrogens is 2. The second-order valence-electron chi connectivity index (χ2n) is 4.03. The maximum Gasteiger partial charge on any atom is 0.313 e. The summed E-state index contributed by atoms with van der Waals surface area (Å²) >= 11 is 5.93. The van der Waals surface area contributed by atoms with E-state index in [4.69, 9.17) is 16.0 Å². The second kappa shape index (κ2) is 5.18. The zero-order valence-electron chi connectivity index (χ0n) is 9.98. The van der Waals surface area contributed by atoms with E-state index in [1.165, 1.54) is 0 Å². The Morgan fingerprint density at radius 3 is 2.67 bits per heavy atom. The van der Waals surface area contributed by atoms with Crippen LogP contribution in [-0.2, 0) is 0 Å². The maximum atomic E-state index is 11.8. The van der Waals surface area contributed by atoms with Gasteiger partial charge in [-0.15, -0.1) is 10.2 Å². The van der Waals surface area contributed by atoms with Gasteiger partial charge in [-0.2, -0.15) is 0 Å². The maximum absolute atomic E-state index is 11.8. The lowest BCUT2D eigenvalue weighted by Crippen LogP contribution is -2.12. The van der Waals surface area contributed by atoms with Crippen LogP contribution in [-0.4, -0.2) is 16.1 Å². The molecule has 1 N–H and O–H groups in total. The van der Waals surface area contributed by atoms with Crippen LogP contribution < -0.4 is 5.32 Å². The Bertz CT molecular complexity index is 566. The Balaban J connectivity index is 2.15. The van der Waals surface area contributed by atoms with Gasteiger partial charge in [0, 0.05) is 5.92 Å². The van der Waals surface area contributed by atoms with Gasteiger partial charge in [0.2, 0.25) is 5.89 Å². The van der Waals surface area contributed by atoms with Crippen LogP contribution in [0.4, 0.5) is 5.69 Å². The highest BCUT2D eigenvalue weighted by Crippen LogP contribution is 2.21. The molecule has 0 bridgehead atoms. The van der Waals surface area contributed by atoms with Crippen molar-refractivity contribution in [3.05, 3.63) is 41.1 Å². The van der Waals surface area contributed by atoms with Crippen LogP contribution in [0.15, 0.2) is 28.7 Å². The van der Waals surface area contributed by atoms with Gasteiger partial charge in [0.1, 0.15) is 0 Å². The molecule has 2 aromatic rings. The molecule has 0 unspecified atom stereocenters. The van der Waals surface area contributed by atoms with Gasteiger partial charge in [-0.1, -0.05) is 37.6 Å². The van der Waals surface area contributed by atoms with Crippen molar-refractivity contribution in [1.82, 2.24) is 10.2 Å². The molecule has 1 aromatic carbocycles. The van der Waals surface area contributed by atoms with E-state index in [9.17, 15) is 4.79 Å². The molecule has 1 aromatic heterocycles. The van der Waals surface area contributed by atoms with Gasteiger partial charge in [0.15, 0.2) is 0 Å². The highest BCUT2D eigenvalue weighted by atomic mass is 35.5. The first-order valence-corrected chi connectivity index (χ1v) is 5.85. The molecule has 2 rings (SSSR count). The fourth-order valence-corrected chi connectivity index (χ4v) is 1.48. The van der Waals surface area contributed by atoms with Crippen molar-refractivity contribution >= 4 is 23.2 Å². The van der Waals surface area contributed by atoms with Crippen molar-refractivity contribution in [2.24, 2.45) is 0 Å². The number of carbonyl (C=O) groups excluding carboxylic acids is 1. The van der Waals surface area contributed by atoms with Gasteiger partial charge < -0.3 is 9.73 Å². The zero-order valence-corrected chi connectivity index (χ0v) is 10.7. The van der Waals surface area contributed by atoms with E-state index in [2.05, 4.69) is 15.5 Å². The zero-order chi connectivity index (χ0) is 13.1. The minimum absolute atomic E-state index is 0.0707. The summed E-state index contributed by atoms with van der Waals surface area (Å²) in [6, 6.07) is 6.93. The van der Waals surface area contributed by atoms with Gasteiger partial charge in [-0.3, -0.25) is 4.79 Å². The average molecular weight is 266 g/mol. The lowest BCUT2D eigenvalue weighted by atomic mass is 10.2. The fraction of sp³-hybridized carbons (Fsp3) is 0.250. The summed E-state index contributed by atoms with van der Waals surface area (Å²) in [6.07, 6.45) is 0. The van der Waals surface area contributed by atoms with Gasteiger partial charge in [0.25, 0.3) is 0 Å². The number of para-hydroxylation sites is 1. The summed E-state index contributed by atoms with van der Waals surface area (Å²) in [5.74, 6) is -0.0280. The van der Waals surface area contributed by atoms with Crippen LogP contribution in [0.25, 0.3) is 0 Å². The van der Waals surface area contributed by atoms with E-state index >= 15 is 0 Å². The van der Waals surface area contributed by atoms with Crippen LogP contribution in [0.1, 0.15) is 36.3 Å². The normalized spacial score (nSPS) is 10.7. The number of carbonyl (C=O) groups is 1. The summed E-state index contributed by atoms with van der Waals surface area (Å²) in [6.45, 7) is 3.81. The van der Waals surface area contributed by atoms with Crippen molar-refractivity contribution in [3.8, 4) is 0 Å². The summed E-state index contributed by atoms with van der Waals surface area (Å²) in [5.41, 5.74) is 0.508. The standard InChI is InChI=1S/C12H12ClN3O2/c1-7(2)11-15-16-12(18-11)10(17)14-9-6-4-3-5-8(9)13/h3-7H,1-2H3,(H,14,17). The number of halogens is 1. The number of benzene rings is 1. The van der Waals surface area contributed by atoms with Crippen LogP contribution in [0.3, 0.4) is 0 Å². The summed E-state index contributed by atoms with van der Waals surface area (Å²) < 4.78 is 5.24. The molecular weight excluding hydrogens is 254 g/mol. The smallest absolute Gasteiger partial charge is 0.313 e. The van der Waals surface area contributed by atoms with Crippen molar-refractivity contribution in [3.63, 3.8) is 0 Å². The lowest BCUT2D eigenvalue weighted by Gasteiger charge is -2.03. The van der Waals surface area contributed by atoms with Crippen LogP contribution >= 0.6 is 11.6 Å². The summed E-state index contributed by atoms with van der Waals surface area (Å²) in [4.78, 5) is 11.8. The minimum Gasteiger partial charge on any atom is -0.417 e. The van der Waals surface area contributed by atoms with Crippen LogP contribution in [0, 0.1) is 0 Å². The quantitative estimate of drug-likeness (QED) is 0.926. The van der Waals surface area contributed by atoms with Gasteiger partial charge in [-0.05, 0) is 12.1 Å². The van der Waals surface area contributed by atoms with Crippen molar-refractivity contribution in [2.75, 3.05) is 5.32 Å². The largest absolute Gasteiger partial charge is 0.417 e. The van der Waals surface area contributed by atoms with E-state index in [0.29, 0.717) is 16.6 Å². The molecule has 0 saturated carbocycles. The van der Waals surface area contributed by atoms with Crippen LogP contribution in [0.5, 0.6) is 0 Å². The van der Waals surface area contributed by atoms with Crippen molar-refractivity contribution in [1.29, 1.82) is 0 Å². The average Bonchev–Trinajstić information content (AvgIpc) is 2.81. The molecule has 0 saturated heterocycles. The molecule has 0 aliphatic rings. The first-order valence-electron chi connectivity index (χ1n) is 5.47. The lowest BCUT2D eigenvalue weighted by molar-refractivity contribution is 0.0988. The topological polar surface area (TPSA) is 68.0 Å². The number of amides is 1. The molecule has 18 heavy (non-hydrogen) atoms. The fourth-order valence-electron chi connectivity index (χ4n) is 1.30. The number of hydrogen-bond donors (Lipinski definition) is 1. The third-order valence-corrected chi connectivity index (χ3v) is 2.58. The van der Waals surface area contributed by atoms with Gasteiger partial charge in [-0.25, -0.2) is 0 Å². The molecule has 0 radical (unpaired) electrons. The second-order valence-corrected chi connectivity index (χ2v) is 4.44. The summed E-state index contributed by atoms with van der Waals surface area (Å²) in [5, 5.41) is 10.5. The molecular formula is C12H12ClN3O2. The van der Waals surface area contributed by atoms with Crippen molar-refractivity contribution < 1.29 is 9.21 Å². The van der Waals surface area contributed by atoms with E-state index in [1.807, 2.05) is 13.8 Å². The molecule has 0 atom stereocenters. The molecule has 1 amide bonds. The van der Waals surface area contributed by atoms with Gasteiger partial charge >= 0.3 is 11.8 Å². The molecule has 1 heterocycles. The third kappa shape index (κ3) is 2.68. The Morgan fingerprint density at radius 2 is 2.06 bits per heavy atom. The molecule has 5 nitrogen and oxygen atoms in total. The van der Waals surface area contributed by atoms with Crippen LogP contribution in [0.2, 0.25) is 5.02 Å². The SMILES string of the molecule is CC(C)c1nnc(C(=O)Nc2ccccc2Cl)o1. The monoisotopic (exact) mass is 265 g/mol. The number of anilines is 1. The number of nitrogens with zero attached hydrogens (tertiary/aromatic N) is 2. The molecule has 94 valence electrons. The molecule has 0 aliphatic heterocycles. The van der Waals surface area contributed by atoms with E-state index in [1.54, 1.807) is 24.3 Å². The molecule has 0 spiro atoms. The first-order chi connectivity index (χ1) is 8.58. The Kier molecular flexibility index (Phi) is 3.62. The number of hydrogen-bond acceptors (Lipinski definition) is 4. The Morgan fingerprint density at radius 1 is 1.33 bits per heavy atom. The number of nitrogens with one attached hydrogen (secondary N) is 1. The highest BCUT2D eigenvalue weighted by molar-refractivity contribution is 6.33. The third-order valence-electron chi connectivity index (χ3n) is 2.25. The van der Waals surface area contributed by atoms with Gasteiger partial charge in [0.05, 0.1) is 10.7 Å². The van der Waals surface area contributed by atoms with E-state index < -0.39 is 5.91 Å².